The second kappa shape index (κ2) is 11.4. The van der Waals surface area contributed by atoms with E-state index >= 15 is 0 Å². The van der Waals surface area contributed by atoms with Crippen LogP contribution in [0.2, 0.25) is 0 Å². The van der Waals surface area contributed by atoms with E-state index < -0.39 is 0 Å². The van der Waals surface area contributed by atoms with Gasteiger partial charge in [-0.05, 0) is 32.9 Å². The third-order valence-electron chi connectivity index (χ3n) is 5.04. The normalized spacial score (nSPS) is 14.8. The van der Waals surface area contributed by atoms with E-state index in [1.807, 2.05) is 30.9 Å². The minimum atomic E-state index is 0.174. The lowest BCUT2D eigenvalue weighted by Crippen LogP contribution is -2.52. The predicted molar refractivity (Wildman–Crippen MR) is 115 cm³/mol. The molecule has 28 heavy (non-hydrogen) atoms. The second-order valence-electron chi connectivity index (χ2n) is 6.73. The molecule has 1 aliphatic heterocycles. The molecule has 0 saturated carbocycles. The Morgan fingerprint density at radius 1 is 1.18 bits per heavy atom. The average molecular weight is 390 g/mol. The lowest BCUT2D eigenvalue weighted by atomic mass is 10.2. The maximum absolute atomic E-state index is 12.2. The molecule has 0 aromatic heterocycles. The zero-order valence-corrected chi connectivity index (χ0v) is 17.8. The van der Waals surface area contributed by atoms with Crippen molar-refractivity contribution in [3.8, 4) is 5.75 Å². The Morgan fingerprint density at radius 2 is 1.89 bits per heavy atom. The van der Waals surface area contributed by atoms with Crippen LogP contribution in [0, 0.1) is 0 Å². The molecule has 0 aliphatic carbocycles. The van der Waals surface area contributed by atoms with Gasteiger partial charge >= 0.3 is 0 Å². The molecule has 0 bridgehead atoms. The molecule has 0 radical (unpaired) electrons. The first-order valence-corrected chi connectivity index (χ1v) is 10.3. The zero-order valence-electron chi connectivity index (χ0n) is 17.8. The van der Waals surface area contributed by atoms with Crippen molar-refractivity contribution in [1.29, 1.82) is 0 Å². The number of rotatable bonds is 8. The number of guanidine groups is 1. The van der Waals surface area contributed by atoms with E-state index in [1.165, 1.54) is 5.69 Å². The van der Waals surface area contributed by atoms with Crippen LogP contribution in [0.25, 0.3) is 0 Å². The number of benzene rings is 1. The van der Waals surface area contributed by atoms with Gasteiger partial charge in [0.05, 0.1) is 13.7 Å². The third-order valence-corrected chi connectivity index (χ3v) is 5.04. The lowest BCUT2D eigenvalue weighted by Gasteiger charge is -2.37. The quantitative estimate of drug-likeness (QED) is 0.545. The molecule has 1 N–H and O–H groups in total. The molecule has 1 heterocycles. The molecule has 7 heteroatoms. The summed E-state index contributed by atoms with van der Waals surface area (Å²) in [5.41, 5.74) is 1.19. The van der Waals surface area contributed by atoms with Gasteiger partial charge in [0.15, 0.2) is 5.96 Å². The monoisotopic (exact) mass is 389 g/mol. The first-order valence-electron chi connectivity index (χ1n) is 10.3. The minimum Gasteiger partial charge on any atom is -0.497 e. The summed E-state index contributed by atoms with van der Waals surface area (Å²) in [5.74, 6) is 1.96. The van der Waals surface area contributed by atoms with Crippen molar-refractivity contribution in [3.05, 3.63) is 24.3 Å². The smallest absolute Gasteiger partial charge is 0.224 e. The van der Waals surface area contributed by atoms with Gasteiger partial charge in [-0.1, -0.05) is 6.07 Å². The fourth-order valence-electron chi connectivity index (χ4n) is 3.40. The van der Waals surface area contributed by atoms with Gasteiger partial charge in [-0.2, -0.15) is 0 Å². The topological polar surface area (TPSA) is 60.4 Å². The van der Waals surface area contributed by atoms with Crippen LogP contribution in [0.3, 0.4) is 0 Å². The van der Waals surface area contributed by atoms with Crippen LogP contribution in [0.1, 0.15) is 27.2 Å². The summed E-state index contributed by atoms with van der Waals surface area (Å²) in [7, 11) is 1.70. The number of ether oxygens (including phenoxy) is 1. The molecular weight excluding hydrogens is 354 g/mol. The second-order valence-corrected chi connectivity index (χ2v) is 6.73. The summed E-state index contributed by atoms with van der Waals surface area (Å²) in [6.07, 6.45) is 0.459. The maximum atomic E-state index is 12.2. The predicted octanol–water partition coefficient (Wildman–Crippen LogP) is 2.04. The highest BCUT2D eigenvalue weighted by atomic mass is 16.5. The van der Waals surface area contributed by atoms with E-state index in [0.717, 1.165) is 57.5 Å². The highest BCUT2D eigenvalue weighted by molar-refractivity contribution is 5.81. The summed E-state index contributed by atoms with van der Waals surface area (Å²) in [6, 6.07) is 8.19. The van der Waals surface area contributed by atoms with E-state index in [-0.39, 0.29) is 5.91 Å². The number of hydrogen-bond acceptors (Lipinski definition) is 4. The van der Waals surface area contributed by atoms with E-state index in [0.29, 0.717) is 13.0 Å². The molecule has 1 aliphatic rings. The summed E-state index contributed by atoms with van der Waals surface area (Å²) < 4.78 is 5.34. The fraction of sp³-hybridized carbons (Fsp3) is 0.619. The number of amides is 1. The first-order chi connectivity index (χ1) is 13.6. The number of carbonyl (C=O) groups excluding carboxylic acids is 1. The molecule has 0 unspecified atom stereocenters. The van der Waals surface area contributed by atoms with Crippen molar-refractivity contribution < 1.29 is 9.53 Å². The van der Waals surface area contributed by atoms with Crippen LogP contribution in [0.15, 0.2) is 29.3 Å². The highest BCUT2D eigenvalue weighted by Crippen LogP contribution is 2.22. The SMILES string of the molecule is CCNC(=NCCC(=O)N(CC)CC)N1CCN(c2cccc(OC)c2)CC1. The van der Waals surface area contributed by atoms with E-state index in [2.05, 4.69) is 34.2 Å². The number of aliphatic imine (C=N–C) groups is 1. The molecule has 2 rings (SSSR count). The van der Waals surface area contributed by atoms with Crippen LogP contribution >= 0.6 is 0 Å². The number of nitrogens with zero attached hydrogens (tertiary/aromatic N) is 4. The Balaban J connectivity index is 1.91. The average Bonchev–Trinajstić information content (AvgIpc) is 2.74. The number of methoxy groups -OCH3 is 1. The van der Waals surface area contributed by atoms with Crippen LogP contribution < -0.4 is 15.0 Å². The standard InChI is InChI=1S/C21H35N5O2/c1-5-22-21(23-12-11-20(27)24(6-2)7-3)26-15-13-25(14-16-26)18-9-8-10-19(17-18)28-4/h8-10,17H,5-7,11-16H2,1-4H3,(H,22,23). The number of anilines is 1. The number of nitrogens with one attached hydrogen (secondary N) is 1. The Hall–Kier alpha value is -2.44. The van der Waals surface area contributed by atoms with E-state index in [9.17, 15) is 4.79 Å². The molecule has 1 fully saturated rings. The molecule has 156 valence electrons. The maximum Gasteiger partial charge on any atom is 0.224 e. The molecule has 1 saturated heterocycles. The van der Waals surface area contributed by atoms with Gasteiger partial charge in [0.2, 0.25) is 5.91 Å². The van der Waals surface area contributed by atoms with Crippen LogP contribution in [-0.2, 0) is 4.79 Å². The van der Waals surface area contributed by atoms with Gasteiger partial charge in [0.1, 0.15) is 5.75 Å². The Labute approximate surface area is 169 Å². The molecule has 1 aromatic carbocycles. The number of carbonyl (C=O) groups is 1. The Kier molecular flexibility index (Phi) is 8.91. The summed E-state index contributed by atoms with van der Waals surface area (Å²) in [6.45, 7) is 12.6. The van der Waals surface area contributed by atoms with Gasteiger partial charge < -0.3 is 24.8 Å². The van der Waals surface area contributed by atoms with Crippen molar-refractivity contribution in [2.75, 3.05) is 64.4 Å². The van der Waals surface area contributed by atoms with Crippen LogP contribution in [0.4, 0.5) is 5.69 Å². The first kappa shape index (κ1) is 21.9. The van der Waals surface area contributed by atoms with Crippen molar-refractivity contribution in [2.45, 2.75) is 27.2 Å². The lowest BCUT2D eigenvalue weighted by molar-refractivity contribution is -0.130. The van der Waals surface area contributed by atoms with Gasteiger partial charge in [-0.15, -0.1) is 0 Å². The Bertz CT molecular complexity index is 637. The zero-order chi connectivity index (χ0) is 20.4. The van der Waals surface area contributed by atoms with Crippen LogP contribution in [0.5, 0.6) is 5.75 Å². The van der Waals surface area contributed by atoms with E-state index in [1.54, 1.807) is 7.11 Å². The minimum absolute atomic E-state index is 0.174. The number of piperazine rings is 1. The summed E-state index contributed by atoms with van der Waals surface area (Å²) in [5, 5.41) is 3.37. The number of hydrogen-bond donors (Lipinski definition) is 1. The van der Waals surface area contributed by atoms with Gasteiger partial charge in [-0.25, -0.2) is 0 Å². The summed E-state index contributed by atoms with van der Waals surface area (Å²) in [4.78, 5) is 23.4. The molecule has 1 amide bonds. The van der Waals surface area contributed by atoms with Crippen molar-refractivity contribution in [1.82, 2.24) is 15.1 Å². The van der Waals surface area contributed by atoms with Crippen LogP contribution in [-0.4, -0.2) is 81.1 Å². The fourth-order valence-corrected chi connectivity index (χ4v) is 3.40. The third kappa shape index (κ3) is 6.04. The van der Waals surface area contributed by atoms with Crippen molar-refractivity contribution >= 4 is 17.6 Å². The molecular formula is C21H35N5O2. The Morgan fingerprint density at radius 3 is 2.50 bits per heavy atom. The van der Waals surface area contributed by atoms with Gasteiger partial charge in [0.25, 0.3) is 0 Å². The molecule has 0 spiro atoms. The van der Waals surface area contributed by atoms with Gasteiger partial charge in [-0.3, -0.25) is 9.79 Å². The van der Waals surface area contributed by atoms with Crippen molar-refractivity contribution in [3.63, 3.8) is 0 Å². The molecule has 1 aromatic rings. The van der Waals surface area contributed by atoms with Gasteiger partial charge in [0, 0.05) is 64.0 Å². The highest BCUT2D eigenvalue weighted by Gasteiger charge is 2.20. The van der Waals surface area contributed by atoms with Crippen molar-refractivity contribution in [2.24, 2.45) is 4.99 Å². The molecule has 7 nitrogen and oxygen atoms in total. The molecule has 0 atom stereocenters. The largest absolute Gasteiger partial charge is 0.497 e. The van der Waals surface area contributed by atoms with E-state index in [4.69, 9.17) is 9.73 Å². The summed E-state index contributed by atoms with van der Waals surface area (Å²) >= 11 is 0.